The maximum atomic E-state index is 12.1. The van der Waals surface area contributed by atoms with Gasteiger partial charge < -0.3 is 5.11 Å². The average molecular weight is 353 g/mol. The van der Waals surface area contributed by atoms with Gasteiger partial charge in [0.15, 0.2) is 0 Å². The van der Waals surface area contributed by atoms with Crippen LogP contribution in [0, 0.1) is 5.92 Å². The molecule has 0 aromatic heterocycles. The van der Waals surface area contributed by atoms with E-state index in [1.807, 2.05) is 12.2 Å². The second-order valence-electron chi connectivity index (χ2n) is 6.30. The lowest BCUT2D eigenvalue weighted by atomic mass is 9.98. The van der Waals surface area contributed by atoms with Gasteiger partial charge in [-0.1, -0.05) is 68.5 Å². The predicted octanol–water partition coefficient (Wildman–Crippen LogP) is 5.80. The number of carbonyl (C=O) groups is 2. The third kappa shape index (κ3) is 7.96. The minimum atomic E-state index is -0.751. The van der Waals surface area contributed by atoms with Crippen molar-refractivity contribution < 1.29 is 14.7 Å². The van der Waals surface area contributed by atoms with Gasteiger partial charge in [-0.2, -0.15) is 0 Å². The summed E-state index contributed by atoms with van der Waals surface area (Å²) in [6.07, 6.45) is 17.5. The van der Waals surface area contributed by atoms with Crippen molar-refractivity contribution in [3.05, 3.63) is 34.9 Å². The Morgan fingerprint density at radius 2 is 1.88 bits per heavy atom. The second-order valence-corrected chi connectivity index (χ2v) is 6.71. The summed E-state index contributed by atoms with van der Waals surface area (Å²) in [5.74, 6) is -0.822. The van der Waals surface area contributed by atoms with Crippen molar-refractivity contribution in [1.82, 2.24) is 0 Å². The lowest BCUT2D eigenvalue weighted by Gasteiger charge is -2.05. The first-order valence-corrected chi connectivity index (χ1v) is 9.44. The molecule has 0 spiro atoms. The van der Waals surface area contributed by atoms with Gasteiger partial charge in [-0.15, -0.1) is 0 Å². The summed E-state index contributed by atoms with van der Waals surface area (Å²) in [7, 11) is 0. The lowest BCUT2D eigenvalue weighted by molar-refractivity contribution is -0.137. The number of hydrogen-bond donors (Lipinski definition) is 1. The van der Waals surface area contributed by atoms with Crippen LogP contribution >= 0.6 is 11.6 Å². The maximum Gasteiger partial charge on any atom is 0.303 e. The first-order valence-electron chi connectivity index (χ1n) is 9.06. The van der Waals surface area contributed by atoms with Crippen LogP contribution < -0.4 is 0 Å². The highest BCUT2D eigenvalue weighted by Gasteiger charge is 2.26. The number of rotatable bonds is 12. The summed E-state index contributed by atoms with van der Waals surface area (Å²) in [6.45, 7) is 2.20. The molecule has 1 aliphatic carbocycles. The zero-order valence-corrected chi connectivity index (χ0v) is 15.4. The Hall–Kier alpha value is -1.35. The number of carbonyl (C=O) groups excluding carboxylic acids is 1. The SMILES string of the molecule is CCCCCCC=CC1C=C(Cl)C(=O)C1=CCCCCCC(=O)O. The maximum absolute atomic E-state index is 12.1. The van der Waals surface area contributed by atoms with E-state index in [0.717, 1.165) is 31.3 Å². The monoisotopic (exact) mass is 352 g/mol. The summed E-state index contributed by atoms with van der Waals surface area (Å²) in [6, 6.07) is 0. The highest BCUT2D eigenvalue weighted by Crippen LogP contribution is 2.31. The third-order valence-corrected chi connectivity index (χ3v) is 4.49. The average Bonchev–Trinajstić information content (AvgIpc) is 2.81. The van der Waals surface area contributed by atoms with Gasteiger partial charge in [0.1, 0.15) is 0 Å². The molecule has 24 heavy (non-hydrogen) atoms. The number of ketones is 1. The Kier molecular flexibility index (Phi) is 10.4. The standard InChI is InChI=1S/C20H29ClO3/c1-2-3-4-5-6-9-12-16-15-18(21)20(24)17(16)13-10-7-8-11-14-19(22)23/h9,12-13,15-16H,2-8,10-11,14H2,1H3,(H,22,23). The van der Waals surface area contributed by atoms with Gasteiger partial charge in [0.25, 0.3) is 0 Å². The number of aliphatic carboxylic acids is 1. The van der Waals surface area contributed by atoms with Crippen molar-refractivity contribution >= 4 is 23.4 Å². The van der Waals surface area contributed by atoms with Gasteiger partial charge in [-0.05, 0) is 32.1 Å². The Morgan fingerprint density at radius 3 is 2.58 bits per heavy atom. The van der Waals surface area contributed by atoms with E-state index in [4.69, 9.17) is 16.7 Å². The number of unbranched alkanes of at least 4 members (excludes halogenated alkanes) is 7. The van der Waals surface area contributed by atoms with Gasteiger partial charge in [-0.25, -0.2) is 0 Å². The van der Waals surface area contributed by atoms with E-state index in [1.165, 1.54) is 25.7 Å². The van der Waals surface area contributed by atoms with Crippen LogP contribution in [-0.2, 0) is 9.59 Å². The van der Waals surface area contributed by atoms with E-state index in [1.54, 1.807) is 0 Å². The van der Waals surface area contributed by atoms with Gasteiger partial charge in [0.05, 0.1) is 5.03 Å². The van der Waals surface area contributed by atoms with Crippen LogP contribution in [0.15, 0.2) is 34.9 Å². The summed E-state index contributed by atoms with van der Waals surface area (Å²) in [5.41, 5.74) is 0.767. The zero-order valence-electron chi connectivity index (χ0n) is 14.6. The van der Waals surface area contributed by atoms with Crippen molar-refractivity contribution in [1.29, 1.82) is 0 Å². The molecule has 3 nitrogen and oxygen atoms in total. The second kappa shape index (κ2) is 12.1. The van der Waals surface area contributed by atoms with Crippen LogP contribution in [0.25, 0.3) is 0 Å². The Morgan fingerprint density at radius 1 is 1.17 bits per heavy atom. The summed E-state index contributed by atoms with van der Waals surface area (Å²) < 4.78 is 0. The Bertz CT molecular complexity index is 503. The quantitative estimate of drug-likeness (QED) is 0.274. The summed E-state index contributed by atoms with van der Waals surface area (Å²) in [5, 5.41) is 8.92. The molecule has 1 N–H and O–H groups in total. The van der Waals surface area contributed by atoms with E-state index in [0.29, 0.717) is 11.5 Å². The van der Waals surface area contributed by atoms with Crippen LogP contribution in [0.5, 0.6) is 0 Å². The van der Waals surface area contributed by atoms with Gasteiger partial charge in [-0.3, -0.25) is 9.59 Å². The molecule has 4 heteroatoms. The topological polar surface area (TPSA) is 54.4 Å². The lowest BCUT2D eigenvalue weighted by Crippen LogP contribution is -2.01. The van der Waals surface area contributed by atoms with Gasteiger partial charge >= 0.3 is 5.97 Å². The first-order chi connectivity index (χ1) is 11.6. The normalized spacial score (nSPS) is 19.4. The van der Waals surface area contributed by atoms with Crippen LogP contribution in [0.2, 0.25) is 0 Å². The number of Topliss-reactive ketones (excluding diaryl/α,β-unsaturated/α-hetero) is 1. The van der Waals surface area contributed by atoms with Gasteiger partial charge in [0.2, 0.25) is 5.78 Å². The Labute approximate surface area is 150 Å². The van der Waals surface area contributed by atoms with E-state index >= 15 is 0 Å². The fourth-order valence-electron chi connectivity index (χ4n) is 2.79. The molecule has 1 atom stereocenters. The number of hydrogen-bond acceptors (Lipinski definition) is 2. The smallest absolute Gasteiger partial charge is 0.303 e. The predicted molar refractivity (Wildman–Crippen MR) is 99.1 cm³/mol. The molecular weight excluding hydrogens is 324 g/mol. The zero-order chi connectivity index (χ0) is 17.8. The minimum Gasteiger partial charge on any atom is -0.481 e. The molecule has 1 rings (SSSR count). The molecule has 0 bridgehead atoms. The molecule has 0 saturated carbocycles. The van der Waals surface area contributed by atoms with E-state index < -0.39 is 5.97 Å². The highest BCUT2D eigenvalue weighted by molar-refractivity contribution is 6.46. The minimum absolute atomic E-state index is 0.00445. The van der Waals surface area contributed by atoms with Crippen molar-refractivity contribution in [2.75, 3.05) is 0 Å². The summed E-state index contributed by atoms with van der Waals surface area (Å²) >= 11 is 6.00. The van der Waals surface area contributed by atoms with E-state index in [9.17, 15) is 9.59 Å². The fraction of sp³-hybridized carbons (Fsp3) is 0.600. The molecular formula is C20H29ClO3. The molecule has 0 aromatic carbocycles. The van der Waals surface area contributed by atoms with Crippen LogP contribution in [0.4, 0.5) is 0 Å². The van der Waals surface area contributed by atoms with Crippen molar-refractivity contribution in [2.45, 2.75) is 71.1 Å². The summed E-state index contributed by atoms with van der Waals surface area (Å²) in [4.78, 5) is 22.6. The third-order valence-electron chi connectivity index (χ3n) is 4.19. The highest BCUT2D eigenvalue weighted by atomic mass is 35.5. The first kappa shape index (κ1) is 20.7. The van der Waals surface area contributed by atoms with Crippen LogP contribution in [-0.4, -0.2) is 16.9 Å². The van der Waals surface area contributed by atoms with Crippen molar-refractivity contribution in [3.63, 3.8) is 0 Å². The van der Waals surface area contributed by atoms with Crippen molar-refractivity contribution in [3.8, 4) is 0 Å². The largest absolute Gasteiger partial charge is 0.481 e. The molecule has 0 radical (unpaired) electrons. The molecule has 0 heterocycles. The molecule has 0 saturated heterocycles. The Balaban J connectivity index is 2.41. The van der Waals surface area contributed by atoms with Crippen LogP contribution in [0.1, 0.15) is 71.1 Å². The molecule has 0 aromatic rings. The number of allylic oxidation sites excluding steroid dienone is 6. The number of carboxylic acid groups (broad SMARTS) is 1. The van der Waals surface area contributed by atoms with Crippen LogP contribution in [0.3, 0.4) is 0 Å². The van der Waals surface area contributed by atoms with E-state index in [2.05, 4.69) is 19.1 Å². The molecule has 134 valence electrons. The molecule has 0 fully saturated rings. The molecule has 0 amide bonds. The van der Waals surface area contributed by atoms with Crippen molar-refractivity contribution in [2.24, 2.45) is 5.92 Å². The fourth-order valence-corrected chi connectivity index (χ4v) is 3.03. The number of carboxylic acids is 1. The van der Waals surface area contributed by atoms with E-state index in [-0.39, 0.29) is 18.1 Å². The molecule has 1 unspecified atom stereocenters. The molecule has 0 aliphatic heterocycles. The number of halogens is 1. The van der Waals surface area contributed by atoms with Gasteiger partial charge in [0, 0.05) is 17.9 Å². The molecule has 1 aliphatic rings.